The Morgan fingerprint density at radius 3 is 2.58 bits per heavy atom. The summed E-state index contributed by atoms with van der Waals surface area (Å²) in [4.78, 5) is 4.44. The molecule has 26 heavy (non-hydrogen) atoms. The molecule has 0 heterocycles. The quantitative estimate of drug-likeness (QED) is 0.371. The largest absolute Gasteiger partial charge is 0.497 e. The highest BCUT2D eigenvalue weighted by Gasteiger charge is 2.18. The normalized spacial score (nSPS) is 14.6. The number of nitrogens with zero attached hydrogens (tertiary/aromatic N) is 1. The highest BCUT2D eigenvalue weighted by molar-refractivity contribution is 14.0. The number of nitrogens with one attached hydrogen (secondary N) is 1. The lowest BCUT2D eigenvalue weighted by molar-refractivity contribution is 0.207. The van der Waals surface area contributed by atoms with Gasteiger partial charge in [0.2, 0.25) is 0 Å². The monoisotopic (exact) mass is 467 g/mol. The van der Waals surface area contributed by atoms with Crippen molar-refractivity contribution < 1.29 is 9.47 Å². The molecule has 6 heteroatoms. The van der Waals surface area contributed by atoms with Crippen LogP contribution in [0.3, 0.4) is 0 Å². The molecule has 0 bridgehead atoms. The molecule has 0 amide bonds. The van der Waals surface area contributed by atoms with Gasteiger partial charge in [0.15, 0.2) is 5.96 Å². The van der Waals surface area contributed by atoms with Crippen LogP contribution in [0.25, 0.3) is 0 Å². The average Bonchev–Trinajstić information content (AvgIpc) is 3.14. The number of hydrogen-bond acceptors (Lipinski definition) is 3. The van der Waals surface area contributed by atoms with E-state index in [0.29, 0.717) is 12.5 Å². The van der Waals surface area contributed by atoms with Gasteiger partial charge in [0, 0.05) is 17.3 Å². The predicted octanol–water partition coefficient (Wildman–Crippen LogP) is 4.56. The van der Waals surface area contributed by atoms with Gasteiger partial charge in [-0.15, -0.1) is 24.0 Å². The summed E-state index contributed by atoms with van der Waals surface area (Å²) in [6.07, 6.45) is 4.97. The second-order valence-corrected chi connectivity index (χ2v) is 6.19. The summed E-state index contributed by atoms with van der Waals surface area (Å²) >= 11 is 0. The van der Waals surface area contributed by atoms with E-state index in [9.17, 15) is 0 Å². The molecule has 2 aromatic rings. The summed E-state index contributed by atoms with van der Waals surface area (Å²) < 4.78 is 11.5. The smallest absolute Gasteiger partial charge is 0.193 e. The fourth-order valence-electron chi connectivity index (χ4n) is 2.97. The molecule has 1 saturated carbocycles. The molecule has 0 radical (unpaired) electrons. The molecule has 1 aliphatic carbocycles. The number of aliphatic imine (C=N–C) groups is 1. The molecule has 140 valence electrons. The minimum Gasteiger partial charge on any atom is -0.497 e. The van der Waals surface area contributed by atoms with Crippen molar-refractivity contribution in [3.63, 3.8) is 0 Å². The van der Waals surface area contributed by atoms with E-state index in [1.54, 1.807) is 7.11 Å². The van der Waals surface area contributed by atoms with E-state index >= 15 is 0 Å². The van der Waals surface area contributed by atoms with Crippen molar-refractivity contribution in [2.24, 2.45) is 10.7 Å². The van der Waals surface area contributed by atoms with Gasteiger partial charge < -0.3 is 20.5 Å². The van der Waals surface area contributed by atoms with Crippen LogP contribution in [0, 0.1) is 0 Å². The number of rotatable bonds is 6. The number of anilines is 1. The molecule has 2 aromatic carbocycles. The fourth-order valence-corrected chi connectivity index (χ4v) is 2.97. The van der Waals surface area contributed by atoms with Crippen molar-refractivity contribution in [3.05, 3.63) is 54.1 Å². The molecule has 3 N–H and O–H groups in total. The number of benzene rings is 2. The Morgan fingerprint density at radius 2 is 1.88 bits per heavy atom. The van der Waals surface area contributed by atoms with Gasteiger partial charge >= 0.3 is 0 Å². The third-order valence-corrected chi connectivity index (χ3v) is 4.34. The molecule has 1 aliphatic rings. The number of ether oxygens (including phenoxy) is 2. The minimum absolute atomic E-state index is 0. The number of nitrogens with two attached hydrogens (primary N) is 1. The molecule has 5 nitrogen and oxygen atoms in total. The highest BCUT2D eigenvalue weighted by atomic mass is 127. The first-order valence-electron chi connectivity index (χ1n) is 8.70. The Labute approximate surface area is 172 Å². The van der Waals surface area contributed by atoms with Crippen LogP contribution >= 0.6 is 24.0 Å². The summed E-state index contributed by atoms with van der Waals surface area (Å²) in [5, 5.41) is 3.09. The van der Waals surface area contributed by atoms with E-state index in [-0.39, 0.29) is 30.1 Å². The summed E-state index contributed by atoms with van der Waals surface area (Å²) in [5.74, 6) is 2.01. The first-order chi connectivity index (χ1) is 12.2. The SMILES string of the molecule is COc1ccc(CN=C(N)Nc2ccccc2)c(OC2CCCC2)c1.I. The van der Waals surface area contributed by atoms with Gasteiger partial charge in [-0.3, -0.25) is 0 Å². The van der Waals surface area contributed by atoms with E-state index in [1.807, 2.05) is 48.5 Å². The first-order valence-corrected chi connectivity index (χ1v) is 8.70. The third kappa shape index (κ3) is 5.79. The van der Waals surface area contributed by atoms with Crippen molar-refractivity contribution in [1.82, 2.24) is 0 Å². The Bertz CT molecular complexity index is 716. The first kappa shape index (κ1) is 20.4. The Morgan fingerprint density at radius 1 is 1.15 bits per heavy atom. The van der Waals surface area contributed by atoms with Gasteiger partial charge in [-0.1, -0.05) is 18.2 Å². The summed E-state index contributed by atoms with van der Waals surface area (Å²) in [5.41, 5.74) is 7.92. The fraction of sp³-hybridized carbons (Fsp3) is 0.350. The van der Waals surface area contributed by atoms with Gasteiger partial charge in [0.25, 0.3) is 0 Å². The number of methoxy groups -OCH3 is 1. The molecule has 0 spiro atoms. The van der Waals surface area contributed by atoms with Gasteiger partial charge in [0.05, 0.1) is 19.8 Å². The molecule has 3 rings (SSSR count). The van der Waals surface area contributed by atoms with Gasteiger partial charge in [0.1, 0.15) is 11.5 Å². The van der Waals surface area contributed by atoms with E-state index in [1.165, 1.54) is 12.8 Å². The molecule has 0 aromatic heterocycles. The zero-order chi connectivity index (χ0) is 17.5. The Kier molecular flexibility index (Phi) is 8.03. The number of para-hydroxylation sites is 1. The standard InChI is InChI=1S/C20H25N3O2.HI/c1-24-18-12-11-15(19(13-18)25-17-9-5-6-10-17)14-22-20(21)23-16-7-3-2-4-8-16;/h2-4,7-8,11-13,17H,5-6,9-10,14H2,1H3,(H3,21,22,23);1H. The molecule has 0 atom stereocenters. The second kappa shape index (κ2) is 10.3. The summed E-state index contributed by atoms with van der Waals surface area (Å²) in [7, 11) is 1.66. The lowest BCUT2D eigenvalue weighted by Crippen LogP contribution is -2.22. The number of hydrogen-bond donors (Lipinski definition) is 2. The number of halogens is 1. The Hall–Kier alpha value is -1.96. The van der Waals surface area contributed by atoms with Crippen LogP contribution in [0.5, 0.6) is 11.5 Å². The third-order valence-electron chi connectivity index (χ3n) is 4.34. The molecule has 1 fully saturated rings. The predicted molar refractivity (Wildman–Crippen MR) is 117 cm³/mol. The molecule has 0 saturated heterocycles. The van der Waals surface area contributed by atoms with E-state index in [4.69, 9.17) is 15.2 Å². The summed E-state index contributed by atoms with van der Waals surface area (Å²) in [6, 6.07) is 15.6. The van der Waals surface area contributed by atoms with Crippen molar-refractivity contribution in [1.29, 1.82) is 0 Å². The zero-order valence-electron chi connectivity index (χ0n) is 15.0. The van der Waals surface area contributed by atoms with Crippen LogP contribution in [-0.2, 0) is 6.54 Å². The minimum atomic E-state index is 0. The van der Waals surface area contributed by atoms with Gasteiger partial charge in [-0.05, 0) is 49.9 Å². The number of guanidine groups is 1. The van der Waals surface area contributed by atoms with Crippen LogP contribution in [0.15, 0.2) is 53.5 Å². The van der Waals surface area contributed by atoms with Crippen molar-refractivity contribution in [3.8, 4) is 11.5 Å². The van der Waals surface area contributed by atoms with Crippen LogP contribution in [-0.4, -0.2) is 19.2 Å². The lowest BCUT2D eigenvalue weighted by Gasteiger charge is -2.17. The maximum atomic E-state index is 6.19. The maximum Gasteiger partial charge on any atom is 0.193 e. The molecular weight excluding hydrogens is 441 g/mol. The summed E-state index contributed by atoms with van der Waals surface area (Å²) in [6.45, 7) is 0.456. The molecule has 0 unspecified atom stereocenters. The van der Waals surface area contributed by atoms with Gasteiger partial charge in [-0.2, -0.15) is 0 Å². The lowest BCUT2D eigenvalue weighted by atomic mass is 10.2. The van der Waals surface area contributed by atoms with Crippen molar-refractivity contribution in [2.45, 2.75) is 38.3 Å². The van der Waals surface area contributed by atoms with Crippen molar-refractivity contribution in [2.75, 3.05) is 12.4 Å². The van der Waals surface area contributed by atoms with E-state index in [0.717, 1.165) is 35.6 Å². The zero-order valence-corrected chi connectivity index (χ0v) is 17.3. The van der Waals surface area contributed by atoms with Crippen LogP contribution in [0.4, 0.5) is 5.69 Å². The highest BCUT2D eigenvalue weighted by Crippen LogP contribution is 2.30. The van der Waals surface area contributed by atoms with Crippen LogP contribution in [0.2, 0.25) is 0 Å². The molecular formula is C20H26IN3O2. The average molecular weight is 467 g/mol. The van der Waals surface area contributed by atoms with E-state index < -0.39 is 0 Å². The second-order valence-electron chi connectivity index (χ2n) is 6.19. The van der Waals surface area contributed by atoms with Crippen molar-refractivity contribution >= 4 is 35.6 Å². The van der Waals surface area contributed by atoms with E-state index in [2.05, 4.69) is 10.3 Å². The van der Waals surface area contributed by atoms with Crippen LogP contribution in [0.1, 0.15) is 31.2 Å². The Balaban J connectivity index is 0.00000243. The van der Waals surface area contributed by atoms with Gasteiger partial charge in [-0.25, -0.2) is 4.99 Å². The molecule has 0 aliphatic heterocycles. The van der Waals surface area contributed by atoms with Crippen LogP contribution < -0.4 is 20.5 Å². The maximum absolute atomic E-state index is 6.19. The topological polar surface area (TPSA) is 68.9 Å².